The van der Waals surface area contributed by atoms with E-state index in [1.165, 1.54) is 62.7 Å². The molecule has 0 fully saturated rings. The molecule has 0 atom stereocenters. The van der Waals surface area contributed by atoms with Crippen LogP contribution in [-0.4, -0.2) is 29.5 Å². The number of hydrogen-bond acceptors (Lipinski definition) is 3. The third-order valence-corrected chi connectivity index (χ3v) is 12.2. The summed E-state index contributed by atoms with van der Waals surface area (Å²) in [5.74, 6) is 2.08. The maximum absolute atomic E-state index is 5.09. The molecule has 0 bridgehead atoms. The summed E-state index contributed by atoms with van der Waals surface area (Å²) in [6, 6.07) is 58.4. The van der Waals surface area contributed by atoms with Crippen molar-refractivity contribution in [2.45, 2.75) is 0 Å². The van der Waals surface area contributed by atoms with Crippen molar-refractivity contribution in [3.63, 3.8) is 0 Å². The Morgan fingerprint density at radius 1 is 0.306 bits per heavy atom. The summed E-state index contributed by atoms with van der Waals surface area (Å²) in [4.78, 5) is 15.1. The molecule has 0 unspecified atom stereocenters. The van der Waals surface area contributed by atoms with Crippen molar-refractivity contribution in [2.75, 3.05) is 0 Å². The van der Waals surface area contributed by atoms with Crippen LogP contribution in [0.2, 0.25) is 0 Å². The van der Waals surface area contributed by atoms with Crippen molar-refractivity contribution in [2.24, 2.45) is 0 Å². The van der Waals surface area contributed by atoms with Gasteiger partial charge in [0.05, 0.1) is 0 Å². The Morgan fingerprint density at radius 2 is 0.816 bits per heavy atom. The van der Waals surface area contributed by atoms with Gasteiger partial charge < -0.3 is 0 Å². The molecule has 2 heterocycles. The summed E-state index contributed by atoms with van der Waals surface area (Å²) in [6.07, 6.45) is 0. The fourth-order valence-electron chi connectivity index (χ4n) is 7.15. The van der Waals surface area contributed by atoms with E-state index < -0.39 is 0 Å². The van der Waals surface area contributed by atoms with Crippen LogP contribution in [0.5, 0.6) is 0 Å². The van der Waals surface area contributed by atoms with Crippen molar-refractivity contribution in [3.8, 4) is 45.3 Å². The second kappa shape index (κ2) is 11.3. The van der Waals surface area contributed by atoms with Gasteiger partial charge in [0.2, 0.25) is 0 Å². The third-order valence-electron chi connectivity index (χ3n) is 9.52. The summed E-state index contributed by atoms with van der Waals surface area (Å²) in [6.45, 7) is 0. The van der Waals surface area contributed by atoms with Crippen molar-refractivity contribution < 1.29 is 0 Å². The van der Waals surface area contributed by atoms with Crippen LogP contribution in [0.15, 0.2) is 164 Å². The van der Waals surface area contributed by atoms with Gasteiger partial charge in [-0.2, -0.15) is 0 Å². The zero-order chi connectivity index (χ0) is 32.3. The van der Waals surface area contributed by atoms with Crippen LogP contribution in [-0.2, 0) is 0 Å². The van der Waals surface area contributed by atoms with Gasteiger partial charge in [-0.25, -0.2) is 0 Å². The van der Waals surface area contributed by atoms with Crippen molar-refractivity contribution in [1.82, 2.24) is 15.0 Å². The van der Waals surface area contributed by atoms with Gasteiger partial charge in [-0.15, -0.1) is 0 Å². The molecule has 0 N–H and O–H groups in total. The molecule has 0 aliphatic carbocycles. The first-order chi connectivity index (χ1) is 24.3. The summed E-state index contributed by atoms with van der Waals surface area (Å²) >= 11 is 0.0571. The van der Waals surface area contributed by atoms with Crippen molar-refractivity contribution in [3.05, 3.63) is 164 Å². The summed E-state index contributed by atoms with van der Waals surface area (Å²) in [5, 5.41) is 10.3. The Bertz CT molecular complexity index is 2820. The summed E-state index contributed by atoms with van der Waals surface area (Å²) in [5.41, 5.74) is 5.58. The number of benzene rings is 8. The number of hydrogen-bond donors (Lipinski definition) is 0. The third kappa shape index (κ3) is 4.69. The van der Waals surface area contributed by atoms with Gasteiger partial charge in [0, 0.05) is 0 Å². The molecule has 10 aromatic rings. The fourth-order valence-corrected chi connectivity index (χ4v) is 9.97. The van der Waals surface area contributed by atoms with Crippen molar-refractivity contribution in [1.29, 1.82) is 0 Å². The Hall–Kier alpha value is -5.93. The average Bonchev–Trinajstić information content (AvgIpc) is 3.57. The number of fused-ring (bicyclic) bond motifs is 8. The van der Waals surface area contributed by atoms with Gasteiger partial charge in [-0.3, -0.25) is 0 Å². The van der Waals surface area contributed by atoms with Crippen LogP contribution >= 0.6 is 0 Å². The Kier molecular flexibility index (Phi) is 6.51. The molecule has 0 amide bonds. The molecule has 0 radical (unpaired) electrons. The van der Waals surface area contributed by atoms with Crippen LogP contribution in [0, 0.1) is 0 Å². The van der Waals surface area contributed by atoms with Gasteiger partial charge in [0.1, 0.15) is 0 Å². The molecular formula is C45H27N3Se. The standard InChI is InChI=1S/C45H27N3Se/c1-3-12-29(13-4-1)43-46-44(30-14-5-2-6-15-30)48-45(47-43)40-20-10-19-39-38-18-9-17-35(41(38)49-42(39)40)32-22-24-34-31(27-32)23-26-36-33-16-8-7-11-28(33)21-25-37(34)36/h1-27H. The van der Waals surface area contributed by atoms with E-state index >= 15 is 0 Å². The normalized spacial score (nSPS) is 11.7. The van der Waals surface area contributed by atoms with E-state index in [0.717, 1.165) is 16.7 Å². The Labute approximate surface area is 288 Å². The van der Waals surface area contributed by atoms with E-state index in [1.54, 1.807) is 0 Å². The summed E-state index contributed by atoms with van der Waals surface area (Å²) < 4.78 is 2.73. The molecule has 0 saturated carbocycles. The first kappa shape index (κ1) is 28.1. The van der Waals surface area contributed by atoms with Gasteiger partial charge in [-0.1, -0.05) is 0 Å². The van der Waals surface area contributed by atoms with Crippen LogP contribution < -0.4 is 0 Å². The van der Waals surface area contributed by atoms with Gasteiger partial charge in [-0.05, 0) is 0 Å². The number of rotatable bonds is 4. The first-order valence-electron chi connectivity index (χ1n) is 16.4. The minimum absolute atomic E-state index is 0.0571. The Morgan fingerprint density at radius 3 is 1.51 bits per heavy atom. The van der Waals surface area contributed by atoms with Crippen LogP contribution in [0.1, 0.15) is 0 Å². The van der Waals surface area contributed by atoms with E-state index in [4.69, 9.17) is 15.0 Å². The first-order valence-corrected chi connectivity index (χ1v) is 18.2. The molecule has 0 aliphatic rings. The van der Waals surface area contributed by atoms with E-state index in [2.05, 4.69) is 127 Å². The molecule has 3 nitrogen and oxygen atoms in total. The Balaban J connectivity index is 1.15. The molecule has 0 aliphatic heterocycles. The van der Waals surface area contributed by atoms with Gasteiger partial charge in [0.25, 0.3) is 0 Å². The SMILES string of the molecule is c1ccc(-c2nc(-c3ccccc3)nc(-c3cccc4c3[se]c3c(-c5ccc6c(ccc7c8ccccc8ccc67)c5)cccc34)n2)cc1. The fraction of sp³-hybridized carbons (Fsp3) is 0. The minimum atomic E-state index is 0.0571. The van der Waals surface area contributed by atoms with Gasteiger partial charge in [0.15, 0.2) is 0 Å². The van der Waals surface area contributed by atoms with E-state index in [0.29, 0.717) is 17.5 Å². The van der Waals surface area contributed by atoms with Crippen molar-refractivity contribution >= 4 is 66.1 Å². The number of nitrogens with zero attached hydrogens (tertiary/aromatic N) is 3. The van der Waals surface area contributed by atoms with Crippen LogP contribution in [0.4, 0.5) is 0 Å². The molecule has 8 aromatic carbocycles. The molecule has 49 heavy (non-hydrogen) atoms. The maximum atomic E-state index is 5.09. The molecule has 0 saturated heterocycles. The van der Waals surface area contributed by atoms with Gasteiger partial charge >= 0.3 is 290 Å². The molecule has 2 aromatic heterocycles. The number of aromatic nitrogens is 3. The zero-order valence-electron chi connectivity index (χ0n) is 26.3. The average molecular weight is 689 g/mol. The van der Waals surface area contributed by atoms with Crippen LogP contribution in [0.3, 0.4) is 0 Å². The molecular weight excluding hydrogens is 661 g/mol. The molecule has 0 spiro atoms. The topological polar surface area (TPSA) is 38.7 Å². The van der Waals surface area contributed by atoms with Crippen LogP contribution in [0.25, 0.3) is 96.9 Å². The second-order valence-electron chi connectivity index (χ2n) is 12.4. The van der Waals surface area contributed by atoms with E-state index in [9.17, 15) is 0 Å². The summed E-state index contributed by atoms with van der Waals surface area (Å²) in [7, 11) is 0. The second-order valence-corrected chi connectivity index (χ2v) is 14.5. The predicted molar refractivity (Wildman–Crippen MR) is 206 cm³/mol. The van der Waals surface area contributed by atoms with E-state index in [-0.39, 0.29) is 14.5 Å². The zero-order valence-corrected chi connectivity index (χ0v) is 28.1. The molecule has 4 heteroatoms. The van der Waals surface area contributed by atoms with E-state index in [1.807, 2.05) is 36.4 Å². The molecule has 10 rings (SSSR count). The quantitative estimate of drug-likeness (QED) is 0.136. The molecule has 228 valence electrons. The predicted octanol–water partition coefficient (Wildman–Crippen LogP) is 11.4. The monoisotopic (exact) mass is 689 g/mol.